The quantitative estimate of drug-likeness (QED) is 0.184. The highest BCUT2D eigenvalue weighted by Gasteiger charge is 2.27. The second-order valence-electron chi connectivity index (χ2n) is 12.7. The average Bonchev–Trinajstić information content (AvgIpc) is 3.22. The number of hydrogen-bond donors (Lipinski definition) is 2. The zero-order valence-electron chi connectivity index (χ0n) is 28.0. The van der Waals surface area contributed by atoms with Gasteiger partial charge < -0.3 is 0 Å². The molecule has 0 saturated carbocycles. The molecule has 0 atom stereocenters. The van der Waals surface area contributed by atoms with Crippen LogP contribution in [0.1, 0.15) is 16.7 Å². The molecule has 2 N–H and O–H groups in total. The first kappa shape index (κ1) is 30.8. The first-order chi connectivity index (χ1) is 25.6. The minimum absolute atomic E-state index is 0.210. The van der Waals surface area contributed by atoms with Crippen LogP contribution in [0.5, 0.6) is 0 Å². The minimum atomic E-state index is 0.210. The van der Waals surface area contributed by atoms with Crippen LogP contribution in [0.2, 0.25) is 0 Å². The van der Waals surface area contributed by atoms with Crippen LogP contribution in [0.15, 0.2) is 164 Å². The van der Waals surface area contributed by atoms with Crippen molar-refractivity contribution >= 4 is 34.0 Å². The van der Waals surface area contributed by atoms with Gasteiger partial charge in [0.05, 0.1) is 45.4 Å². The molecule has 0 bridgehead atoms. The van der Waals surface area contributed by atoms with E-state index >= 15 is 0 Å². The first-order valence-corrected chi connectivity index (χ1v) is 17.0. The number of fused-ring (bicyclic) bond motifs is 3. The summed E-state index contributed by atoms with van der Waals surface area (Å²) in [4.78, 5) is 19.1. The van der Waals surface area contributed by atoms with Crippen molar-refractivity contribution in [1.82, 2.24) is 19.9 Å². The number of hydrogen-bond acceptors (Lipinski definition) is 6. The van der Waals surface area contributed by atoms with Gasteiger partial charge in [-0.3, -0.25) is 20.8 Å². The maximum absolute atomic E-state index is 9.13. The van der Waals surface area contributed by atoms with E-state index in [1.807, 2.05) is 97.1 Å². The Morgan fingerprint density at radius 1 is 0.404 bits per heavy atom. The van der Waals surface area contributed by atoms with Crippen LogP contribution in [-0.4, -0.2) is 31.4 Å². The summed E-state index contributed by atoms with van der Waals surface area (Å²) in [7, 11) is 0. The Labute approximate surface area is 300 Å². The molecule has 9 rings (SSSR count). The fourth-order valence-electron chi connectivity index (χ4n) is 6.84. The molecule has 6 heteroatoms. The Hall–Kier alpha value is -7.18. The summed E-state index contributed by atoms with van der Waals surface area (Å²) >= 11 is 0. The van der Waals surface area contributed by atoms with E-state index in [0.29, 0.717) is 0 Å². The summed E-state index contributed by atoms with van der Waals surface area (Å²) in [5.74, 6) is 0. The van der Waals surface area contributed by atoms with Gasteiger partial charge in [-0.1, -0.05) is 109 Å². The number of rotatable bonds is 6. The second kappa shape index (κ2) is 12.9. The zero-order chi connectivity index (χ0) is 35.0. The fourth-order valence-corrected chi connectivity index (χ4v) is 6.84. The number of para-hydroxylation sites is 1. The Kier molecular flexibility index (Phi) is 7.67. The van der Waals surface area contributed by atoms with Gasteiger partial charge in [0.25, 0.3) is 0 Å². The van der Waals surface area contributed by atoms with Crippen molar-refractivity contribution in [2.75, 3.05) is 0 Å². The number of nitrogens with one attached hydrogen (secondary N) is 2. The van der Waals surface area contributed by atoms with Gasteiger partial charge in [0.1, 0.15) is 0 Å². The highest BCUT2D eigenvalue weighted by atomic mass is 14.8. The highest BCUT2D eigenvalue weighted by molar-refractivity contribution is 6.64. The lowest BCUT2D eigenvalue weighted by Gasteiger charge is -2.23. The van der Waals surface area contributed by atoms with Crippen LogP contribution < -0.4 is 0 Å². The fraction of sp³-hybridized carbons (Fsp3) is 0. The lowest BCUT2D eigenvalue weighted by Crippen LogP contribution is -2.21. The topological polar surface area (TPSA) is 99.3 Å². The molecule has 0 spiro atoms. The lowest BCUT2D eigenvalue weighted by atomic mass is 9.82. The summed E-state index contributed by atoms with van der Waals surface area (Å²) in [6, 6.07) is 50.6. The third-order valence-corrected chi connectivity index (χ3v) is 9.46. The van der Waals surface area contributed by atoms with Gasteiger partial charge in [0.2, 0.25) is 0 Å². The van der Waals surface area contributed by atoms with Gasteiger partial charge >= 0.3 is 0 Å². The van der Waals surface area contributed by atoms with Gasteiger partial charge in [-0.2, -0.15) is 0 Å². The van der Waals surface area contributed by atoms with E-state index in [1.165, 1.54) is 0 Å². The summed E-state index contributed by atoms with van der Waals surface area (Å²) in [5, 5.41) is 19.0. The van der Waals surface area contributed by atoms with Crippen molar-refractivity contribution in [2.24, 2.45) is 0 Å². The molecule has 4 heterocycles. The van der Waals surface area contributed by atoms with Crippen molar-refractivity contribution in [3.63, 3.8) is 0 Å². The second-order valence-corrected chi connectivity index (χ2v) is 12.7. The van der Waals surface area contributed by atoms with Gasteiger partial charge in [-0.25, -0.2) is 9.97 Å². The summed E-state index contributed by atoms with van der Waals surface area (Å²) in [6.45, 7) is 0. The molecule has 4 aromatic carbocycles. The van der Waals surface area contributed by atoms with Gasteiger partial charge in [-0.15, -0.1) is 0 Å². The van der Waals surface area contributed by atoms with Crippen molar-refractivity contribution in [3.05, 3.63) is 181 Å². The molecule has 4 aromatic heterocycles. The van der Waals surface area contributed by atoms with Crippen LogP contribution in [0.4, 0.5) is 0 Å². The van der Waals surface area contributed by atoms with Crippen molar-refractivity contribution in [1.29, 1.82) is 10.8 Å². The molecule has 52 heavy (non-hydrogen) atoms. The third kappa shape index (κ3) is 5.58. The molecule has 0 radical (unpaired) electrons. The minimum Gasteiger partial charge on any atom is -0.298 e. The lowest BCUT2D eigenvalue weighted by molar-refractivity contribution is 1.22. The Balaban J connectivity index is 1.08. The van der Waals surface area contributed by atoms with Crippen LogP contribution in [-0.2, 0) is 0 Å². The summed E-state index contributed by atoms with van der Waals surface area (Å²) in [5.41, 5.74) is 13.7. The van der Waals surface area contributed by atoms with Crippen molar-refractivity contribution < 1.29 is 0 Å². The zero-order valence-corrected chi connectivity index (χ0v) is 28.0. The molecule has 0 unspecified atom stereocenters. The molecule has 1 aliphatic rings. The van der Waals surface area contributed by atoms with Crippen LogP contribution in [0.3, 0.4) is 0 Å². The van der Waals surface area contributed by atoms with E-state index in [2.05, 4.69) is 70.6 Å². The van der Waals surface area contributed by atoms with Crippen LogP contribution in [0, 0.1) is 10.8 Å². The van der Waals surface area contributed by atoms with E-state index in [1.54, 1.807) is 12.4 Å². The maximum Gasteiger partial charge on any atom is 0.0900 e. The van der Waals surface area contributed by atoms with E-state index in [9.17, 15) is 0 Å². The molecule has 8 aromatic rings. The maximum atomic E-state index is 9.13. The predicted molar refractivity (Wildman–Crippen MR) is 211 cm³/mol. The van der Waals surface area contributed by atoms with Crippen LogP contribution in [0.25, 0.3) is 78.8 Å². The molecule has 1 aliphatic carbocycles. The summed E-state index contributed by atoms with van der Waals surface area (Å²) in [6.07, 6.45) is 5.60. The van der Waals surface area contributed by atoms with Gasteiger partial charge in [-0.05, 0) is 76.4 Å². The molecule has 0 amide bonds. The summed E-state index contributed by atoms with van der Waals surface area (Å²) < 4.78 is 0. The van der Waals surface area contributed by atoms with E-state index in [0.717, 1.165) is 89.5 Å². The Morgan fingerprint density at radius 3 is 1.54 bits per heavy atom. The average molecular weight is 667 g/mol. The number of allylic oxidation sites excluding steroid dienone is 1. The Bertz CT molecular complexity index is 2610. The van der Waals surface area contributed by atoms with E-state index < -0.39 is 0 Å². The SMILES string of the molecule is N=C1C(=N)c2c(c(-c3ccc(-c4ccc(-c5cc(-c6ccccn6)nc(-c6ccccn6)c5)cc4)cc3)nc3ccccc23)C=C1c1ccccc1. The standard InChI is InChI=1S/C46H30N6/c47-44-36(32-10-2-1-3-11-32)28-37-43(45(44)48)35-12-4-5-13-38(35)52-46(37)33-22-20-30(21-23-33)29-16-18-31(19-17-29)34-26-41(39-14-6-8-24-49-39)51-42(27-34)40-15-7-9-25-50-40/h1-28,47-48H. The third-order valence-electron chi connectivity index (χ3n) is 9.46. The van der Waals surface area contributed by atoms with Crippen molar-refractivity contribution in [3.8, 4) is 56.3 Å². The molecular weight excluding hydrogens is 637 g/mol. The highest BCUT2D eigenvalue weighted by Crippen LogP contribution is 2.38. The van der Waals surface area contributed by atoms with Gasteiger partial charge in [0, 0.05) is 40.0 Å². The van der Waals surface area contributed by atoms with Crippen LogP contribution >= 0.6 is 0 Å². The number of aromatic nitrogens is 4. The Morgan fingerprint density at radius 2 is 0.942 bits per heavy atom. The van der Waals surface area contributed by atoms with E-state index in [-0.39, 0.29) is 11.4 Å². The molecule has 0 aliphatic heterocycles. The number of pyridine rings is 4. The van der Waals surface area contributed by atoms with Crippen molar-refractivity contribution in [2.45, 2.75) is 0 Å². The smallest absolute Gasteiger partial charge is 0.0900 e. The number of nitrogens with zero attached hydrogens (tertiary/aromatic N) is 4. The molecule has 0 saturated heterocycles. The largest absolute Gasteiger partial charge is 0.298 e. The number of benzene rings is 4. The van der Waals surface area contributed by atoms with E-state index in [4.69, 9.17) is 20.8 Å². The monoisotopic (exact) mass is 666 g/mol. The molecule has 244 valence electrons. The predicted octanol–water partition coefficient (Wildman–Crippen LogP) is 10.7. The molecule has 6 nitrogen and oxygen atoms in total. The van der Waals surface area contributed by atoms with Gasteiger partial charge in [0.15, 0.2) is 0 Å². The molecular formula is C46H30N6. The first-order valence-electron chi connectivity index (χ1n) is 17.0. The molecule has 0 fully saturated rings. The normalized spacial score (nSPS) is 12.4.